The van der Waals surface area contributed by atoms with Gasteiger partial charge < -0.3 is 19.9 Å². The summed E-state index contributed by atoms with van der Waals surface area (Å²) in [6.45, 7) is -0.663. The second kappa shape index (κ2) is 9.40. The van der Waals surface area contributed by atoms with Crippen LogP contribution in [0.1, 0.15) is 26.9 Å². The summed E-state index contributed by atoms with van der Waals surface area (Å²) in [6.07, 6.45) is -4.93. The van der Waals surface area contributed by atoms with Gasteiger partial charge in [0.25, 0.3) is 0 Å². The minimum Gasteiger partial charge on any atom is -0.459 e. The van der Waals surface area contributed by atoms with Crippen LogP contribution < -0.4 is 11.4 Å². The first kappa shape index (κ1) is 23.1. The predicted octanol–water partition coefficient (Wildman–Crippen LogP) is 2.44. The van der Waals surface area contributed by atoms with E-state index in [1.165, 1.54) is 24.3 Å². The van der Waals surface area contributed by atoms with E-state index in [1.54, 1.807) is 36.4 Å². The van der Waals surface area contributed by atoms with E-state index in [2.05, 4.69) is 4.98 Å². The molecule has 2 N–H and O–H groups in total. The number of carbonyl (C=O) groups is 2. The average molecular weight is 471 g/mol. The van der Waals surface area contributed by atoms with Gasteiger partial charge in [-0.1, -0.05) is 36.4 Å². The number of benzene rings is 2. The Morgan fingerprint density at radius 1 is 1.00 bits per heavy atom. The van der Waals surface area contributed by atoms with Gasteiger partial charge in [0, 0.05) is 6.20 Å². The van der Waals surface area contributed by atoms with E-state index >= 15 is 8.78 Å². The summed E-state index contributed by atoms with van der Waals surface area (Å²) in [4.78, 5) is 40.5. The first-order valence-corrected chi connectivity index (χ1v) is 10.1. The van der Waals surface area contributed by atoms with E-state index in [1.807, 2.05) is 0 Å². The molecule has 0 bridgehead atoms. The minimum absolute atomic E-state index is 0.0353. The van der Waals surface area contributed by atoms with E-state index < -0.39 is 48.6 Å². The van der Waals surface area contributed by atoms with E-state index in [4.69, 9.17) is 19.9 Å². The molecule has 1 aromatic heterocycles. The molecule has 2 unspecified atom stereocenters. The third-order valence-corrected chi connectivity index (χ3v) is 5.09. The maximum atomic E-state index is 15.5. The Balaban J connectivity index is 1.61. The van der Waals surface area contributed by atoms with Crippen LogP contribution in [0.5, 0.6) is 0 Å². The van der Waals surface area contributed by atoms with Crippen LogP contribution in [0.15, 0.2) is 77.7 Å². The lowest BCUT2D eigenvalue weighted by Crippen LogP contribution is -2.44. The van der Waals surface area contributed by atoms with Crippen molar-refractivity contribution in [1.29, 1.82) is 0 Å². The second-order valence-electron chi connectivity index (χ2n) is 7.40. The molecule has 0 radical (unpaired) electrons. The first-order chi connectivity index (χ1) is 16.3. The van der Waals surface area contributed by atoms with Crippen LogP contribution in [0.3, 0.4) is 0 Å². The Morgan fingerprint density at radius 3 is 2.18 bits per heavy atom. The van der Waals surface area contributed by atoms with Crippen molar-refractivity contribution < 1.29 is 32.6 Å². The molecule has 1 aliphatic rings. The molecule has 4 rings (SSSR count). The molecule has 176 valence electrons. The van der Waals surface area contributed by atoms with Crippen molar-refractivity contribution in [2.24, 2.45) is 0 Å². The highest BCUT2D eigenvalue weighted by Crippen LogP contribution is 2.44. The third-order valence-electron chi connectivity index (χ3n) is 5.09. The van der Waals surface area contributed by atoms with Crippen molar-refractivity contribution in [1.82, 2.24) is 9.55 Å². The zero-order valence-electron chi connectivity index (χ0n) is 17.5. The number of hydrogen-bond acceptors (Lipinski definition) is 8. The summed E-state index contributed by atoms with van der Waals surface area (Å²) in [7, 11) is 0. The summed E-state index contributed by atoms with van der Waals surface area (Å²) in [5.41, 5.74) is 4.58. The number of aromatic nitrogens is 2. The van der Waals surface area contributed by atoms with Crippen molar-refractivity contribution in [3.8, 4) is 0 Å². The van der Waals surface area contributed by atoms with Gasteiger partial charge in [0.05, 0.1) is 11.1 Å². The molecule has 11 heteroatoms. The molecule has 34 heavy (non-hydrogen) atoms. The number of ether oxygens (including phenoxy) is 3. The van der Waals surface area contributed by atoms with E-state index in [-0.39, 0.29) is 16.9 Å². The van der Waals surface area contributed by atoms with Crippen molar-refractivity contribution in [3.63, 3.8) is 0 Å². The van der Waals surface area contributed by atoms with Gasteiger partial charge in [-0.2, -0.15) is 13.8 Å². The van der Waals surface area contributed by atoms with Gasteiger partial charge in [0.15, 0.2) is 6.10 Å². The van der Waals surface area contributed by atoms with Gasteiger partial charge in [0.1, 0.15) is 18.5 Å². The topological polar surface area (TPSA) is 123 Å². The molecule has 1 saturated heterocycles. The lowest BCUT2D eigenvalue weighted by molar-refractivity contribution is -0.142. The Kier molecular flexibility index (Phi) is 6.37. The standard InChI is InChI=1S/C23H19F2N3O6/c24-23(25)18(34-20(30)15-9-5-2-6-10-15)16(13-32-19(29)14-7-3-1-4-8-14)33-21(23)28-12-11-17(26)27-22(28)31/h1-12,16,18,21H,13H2,(H2,26,27,31)/t16-,18?,21?/m1/s1. The molecule has 0 saturated carbocycles. The summed E-state index contributed by atoms with van der Waals surface area (Å²) in [5, 5.41) is 0. The van der Waals surface area contributed by atoms with Crippen LogP contribution in [-0.2, 0) is 14.2 Å². The van der Waals surface area contributed by atoms with Crippen molar-refractivity contribution >= 4 is 17.8 Å². The normalized spacial score (nSPS) is 21.1. The number of anilines is 1. The zero-order chi connectivity index (χ0) is 24.3. The largest absolute Gasteiger partial charge is 0.459 e. The lowest BCUT2D eigenvalue weighted by atomic mass is 10.1. The number of alkyl halides is 2. The Bertz CT molecular complexity index is 1240. The number of hydrogen-bond donors (Lipinski definition) is 1. The molecule has 0 aliphatic carbocycles. The van der Waals surface area contributed by atoms with Gasteiger partial charge >= 0.3 is 23.6 Å². The minimum atomic E-state index is -3.88. The first-order valence-electron chi connectivity index (χ1n) is 10.1. The van der Waals surface area contributed by atoms with Gasteiger partial charge in [-0.05, 0) is 30.3 Å². The lowest BCUT2D eigenvalue weighted by Gasteiger charge is -2.24. The molecular weight excluding hydrogens is 452 g/mol. The third kappa shape index (κ3) is 4.64. The van der Waals surface area contributed by atoms with Gasteiger partial charge in [-0.3, -0.25) is 4.57 Å². The molecule has 2 heterocycles. The molecule has 0 amide bonds. The quantitative estimate of drug-likeness (QED) is 0.544. The Labute approximate surface area is 191 Å². The highest BCUT2D eigenvalue weighted by molar-refractivity contribution is 5.90. The summed E-state index contributed by atoms with van der Waals surface area (Å²) in [5.74, 6) is -5.86. The Hall–Kier alpha value is -4.12. The van der Waals surface area contributed by atoms with Crippen molar-refractivity contribution in [2.45, 2.75) is 24.4 Å². The fourth-order valence-corrected chi connectivity index (χ4v) is 3.43. The van der Waals surface area contributed by atoms with Crippen LogP contribution in [0.4, 0.5) is 14.6 Å². The molecule has 3 aromatic rings. The monoisotopic (exact) mass is 471 g/mol. The van der Waals surface area contributed by atoms with Crippen molar-refractivity contribution in [2.75, 3.05) is 12.3 Å². The van der Waals surface area contributed by atoms with Crippen LogP contribution >= 0.6 is 0 Å². The highest BCUT2D eigenvalue weighted by atomic mass is 19.3. The Morgan fingerprint density at radius 2 is 1.59 bits per heavy atom. The number of nitrogens with two attached hydrogens (primary N) is 1. The number of nitrogen functional groups attached to an aromatic ring is 1. The molecule has 2 aromatic carbocycles. The summed E-state index contributed by atoms with van der Waals surface area (Å²) >= 11 is 0. The summed E-state index contributed by atoms with van der Waals surface area (Å²) < 4.78 is 47.1. The maximum absolute atomic E-state index is 15.5. The van der Waals surface area contributed by atoms with E-state index in [0.29, 0.717) is 4.57 Å². The number of esters is 2. The summed E-state index contributed by atoms with van der Waals surface area (Å²) in [6, 6.07) is 16.6. The van der Waals surface area contributed by atoms with Gasteiger partial charge in [-0.25, -0.2) is 14.4 Å². The van der Waals surface area contributed by atoms with Gasteiger partial charge in [0.2, 0.25) is 6.23 Å². The van der Waals surface area contributed by atoms with Crippen LogP contribution in [0, 0.1) is 0 Å². The fraction of sp³-hybridized carbons (Fsp3) is 0.217. The van der Waals surface area contributed by atoms with E-state index in [0.717, 1.165) is 12.3 Å². The molecule has 9 nitrogen and oxygen atoms in total. The molecule has 0 spiro atoms. The van der Waals surface area contributed by atoms with E-state index in [9.17, 15) is 14.4 Å². The number of halogens is 2. The second-order valence-corrected chi connectivity index (χ2v) is 7.40. The molecule has 1 aliphatic heterocycles. The molecule has 3 atom stereocenters. The van der Waals surface area contributed by atoms with Crippen LogP contribution in [-0.4, -0.2) is 46.2 Å². The van der Waals surface area contributed by atoms with Crippen molar-refractivity contribution in [3.05, 3.63) is 94.5 Å². The zero-order valence-corrected chi connectivity index (χ0v) is 17.5. The number of rotatable bonds is 6. The van der Waals surface area contributed by atoms with Crippen LogP contribution in [0.25, 0.3) is 0 Å². The molecular formula is C23H19F2N3O6. The maximum Gasteiger partial charge on any atom is 0.351 e. The smallest absolute Gasteiger partial charge is 0.351 e. The average Bonchev–Trinajstić information content (AvgIpc) is 3.08. The SMILES string of the molecule is Nc1ccn(C2O[C@H](COC(=O)c3ccccc3)C(OC(=O)c3ccccc3)C2(F)F)c(=O)n1. The number of carbonyl (C=O) groups excluding carboxylic acids is 2. The van der Waals surface area contributed by atoms with Crippen LogP contribution in [0.2, 0.25) is 0 Å². The fourth-order valence-electron chi connectivity index (χ4n) is 3.43. The molecule has 1 fully saturated rings. The number of nitrogens with zero attached hydrogens (tertiary/aromatic N) is 2. The van der Waals surface area contributed by atoms with Gasteiger partial charge in [-0.15, -0.1) is 0 Å². The predicted molar refractivity (Wildman–Crippen MR) is 114 cm³/mol. The highest BCUT2D eigenvalue weighted by Gasteiger charge is 2.62.